The Balaban J connectivity index is 2.11. The molecular weight excluding hydrogens is 304 g/mol. The lowest BCUT2D eigenvalue weighted by Gasteiger charge is -2.26. The second kappa shape index (κ2) is 8.17. The van der Waals surface area contributed by atoms with Crippen LogP contribution < -0.4 is 14.8 Å². The molecule has 1 aromatic carbocycles. The first-order valence-electron chi connectivity index (χ1n) is 8.06. The Morgan fingerprint density at radius 1 is 1.21 bits per heavy atom. The molecule has 2 aromatic rings. The molecule has 0 saturated carbocycles. The summed E-state index contributed by atoms with van der Waals surface area (Å²) < 4.78 is 12.7. The maximum atomic E-state index is 5.51. The number of benzene rings is 1. The van der Waals surface area contributed by atoms with Gasteiger partial charge in [0, 0.05) is 25.7 Å². The smallest absolute Gasteiger partial charge is 0.216 e. The van der Waals surface area contributed by atoms with Crippen molar-refractivity contribution in [3.63, 3.8) is 0 Å². The molecule has 0 unspecified atom stereocenters. The quantitative estimate of drug-likeness (QED) is 0.803. The predicted octanol–water partition coefficient (Wildman–Crippen LogP) is 2.14. The summed E-state index contributed by atoms with van der Waals surface area (Å²) in [5.41, 5.74) is 3.26. The third-order valence-corrected chi connectivity index (χ3v) is 4.24. The highest BCUT2D eigenvalue weighted by Gasteiger charge is 2.19. The van der Waals surface area contributed by atoms with Crippen molar-refractivity contribution in [1.82, 2.24) is 20.0 Å². The van der Waals surface area contributed by atoms with Gasteiger partial charge in [-0.3, -0.25) is 0 Å². The van der Waals surface area contributed by atoms with Gasteiger partial charge in [-0.25, -0.2) is 4.68 Å². The third-order valence-electron chi connectivity index (χ3n) is 4.24. The Bertz CT molecular complexity index is 667. The summed E-state index contributed by atoms with van der Waals surface area (Å²) in [5, 5.41) is 7.95. The number of ether oxygens (including phenoxy) is 2. The molecular formula is C18H28N4O2. The summed E-state index contributed by atoms with van der Waals surface area (Å²) in [6.45, 7) is 3.51. The van der Waals surface area contributed by atoms with E-state index >= 15 is 0 Å². The van der Waals surface area contributed by atoms with Crippen LogP contribution in [0.3, 0.4) is 0 Å². The number of rotatable bonds is 8. The first kappa shape index (κ1) is 18.3. The normalized spacial score (nSPS) is 12.5. The Kier molecular flexibility index (Phi) is 6.23. The summed E-state index contributed by atoms with van der Waals surface area (Å²) in [7, 11) is 9.44. The van der Waals surface area contributed by atoms with Crippen molar-refractivity contribution in [2.75, 3.05) is 34.9 Å². The highest BCUT2D eigenvalue weighted by Crippen LogP contribution is 2.28. The minimum Gasteiger partial charge on any atom is -0.496 e. The number of methoxy groups -OCH3 is 2. The van der Waals surface area contributed by atoms with Gasteiger partial charge in [-0.2, -0.15) is 5.10 Å². The molecule has 0 amide bonds. The van der Waals surface area contributed by atoms with E-state index in [0.717, 1.165) is 29.4 Å². The molecule has 0 spiro atoms. The third kappa shape index (κ3) is 3.88. The summed E-state index contributed by atoms with van der Waals surface area (Å²) in [6.07, 6.45) is 0. The van der Waals surface area contributed by atoms with E-state index in [1.165, 1.54) is 5.56 Å². The average molecular weight is 332 g/mol. The van der Waals surface area contributed by atoms with Crippen molar-refractivity contribution >= 4 is 0 Å². The molecule has 24 heavy (non-hydrogen) atoms. The van der Waals surface area contributed by atoms with E-state index in [1.807, 2.05) is 32.2 Å². The van der Waals surface area contributed by atoms with Gasteiger partial charge in [-0.15, -0.1) is 0 Å². The number of likely N-dealkylation sites (N-methyl/N-ethyl adjacent to an activating group) is 1. The van der Waals surface area contributed by atoms with Gasteiger partial charge in [0.15, 0.2) is 0 Å². The Morgan fingerprint density at radius 2 is 1.92 bits per heavy atom. The molecule has 0 aliphatic rings. The maximum absolute atomic E-state index is 5.51. The summed E-state index contributed by atoms with van der Waals surface area (Å²) in [4.78, 5) is 2.19. The van der Waals surface area contributed by atoms with Gasteiger partial charge in [0.25, 0.3) is 0 Å². The highest BCUT2D eigenvalue weighted by atomic mass is 16.5. The topological polar surface area (TPSA) is 51.6 Å². The minimum atomic E-state index is 0.212. The van der Waals surface area contributed by atoms with E-state index in [-0.39, 0.29) is 6.04 Å². The predicted molar refractivity (Wildman–Crippen MR) is 95.6 cm³/mol. The highest BCUT2D eigenvalue weighted by molar-refractivity contribution is 5.36. The second-order valence-corrected chi connectivity index (χ2v) is 6.05. The summed E-state index contributed by atoms with van der Waals surface area (Å²) in [6, 6.07) is 8.36. The van der Waals surface area contributed by atoms with Gasteiger partial charge >= 0.3 is 0 Å². The van der Waals surface area contributed by atoms with Crippen molar-refractivity contribution in [3.05, 3.63) is 41.1 Å². The molecule has 0 radical (unpaired) electrons. The molecule has 6 heteroatoms. The van der Waals surface area contributed by atoms with Crippen molar-refractivity contribution in [3.8, 4) is 11.6 Å². The fourth-order valence-electron chi connectivity index (χ4n) is 2.99. The van der Waals surface area contributed by atoms with Gasteiger partial charge in [0.2, 0.25) is 5.88 Å². The molecule has 1 aromatic heterocycles. The van der Waals surface area contributed by atoms with Crippen molar-refractivity contribution < 1.29 is 9.47 Å². The molecule has 0 aliphatic heterocycles. The summed E-state index contributed by atoms with van der Waals surface area (Å²) in [5.74, 6) is 1.71. The average Bonchev–Trinajstić information content (AvgIpc) is 2.84. The van der Waals surface area contributed by atoms with Crippen LogP contribution in [-0.2, 0) is 13.6 Å². The molecule has 0 saturated heterocycles. The van der Waals surface area contributed by atoms with Crippen LogP contribution in [0.4, 0.5) is 0 Å². The van der Waals surface area contributed by atoms with Crippen LogP contribution >= 0.6 is 0 Å². The monoisotopic (exact) mass is 332 g/mol. The number of nitrogens with one attached hydrogen (secondary N) is 1. The van der Waals surface area contributed by atoms with Gasteiger partial charge in [-0.1, -0.05) is 18.2 Å². The van der Waals surface area contributed by atoms with Crippen molar-refractivity contribution in [2.45, 2.75) is 19.5 Å². The molecule has 2 rings (SSSR count). The zero-order chi connectivity index (χ0) is 17.7. The lowest BCUT2D eigenvalue weighted by atomic mass is 10.0. The Morgan fingerprint density at radius 3 is 2.54 bits per heavy atom. The molecule has 0 fully saturated rings. The molecule has 132 valence electrons. The van der Waals surface area contributed by atoms with Crippen LogP contribution in [0.5, 0.6) is 11.6 Å². The molecule has 0 aliphatic carbocycles. The standard InChI is InChI=1S/C18H28N4O2/c1-13-15(18(24-6)22(4)20-13)11-19-12-16(21(2)3)14-9-7-8-10-17(14)23-5/h7-10,16,19H,11-12H2,1-6H3/t16-/m1/s1. The van der Waals surface area contributed by atoms with Gasteiger partial charge in [0.05, 0.1) is 31.5 Å². The van der Waals surface area contributed by atoms with Crippen LogP contribution in [0, 0.1) is 6.92 Å². The molecule has 6 nitrogen and oxygen atoms in total. The van der Waals surface area contributed by atoms with Crippen LogP contribution in [-0.4, -0.2) is 49.5 Å². The lowest BCUT2D eigenvalue weighted by Crippen LogP contribution is -2.31. The second-order valence-electron chi connectivity index (χ2n) is 6.05. The van der Waals surface area contributed by atoms with E-state index in [4.69, 9.17) is 9.47 Å². The fourth-order valence-corrected chi connectivity index (χ4v) is 2.99. The maximum Gasteiger partial charge on any atom is 0.216 e. The van der Waals surface area contributed by atoms with Crippen molar-refractivity contribution in [2.24, 2.45) is 7.05 Å². The van der Waals surface area contributed by atoms with E-state index in [1.54, 1.807) is 18.9 Å². The van der Waals surface area contributed by atoms with Crippen LogP contribution in [0.1, 0.15) is 22.9 Å². The number of hydrogen-bond donors (Lipinski definition) is 1. The number of hydrogen-bond acceptors (Lipinski definition) is 5. The van der Waals surface area contributed by atoms with Gasteiger partial charge in [-0.05, 0) is 27.1 Å². The number of para-hydroxylation sites is 1. The van der Waals surface area contributed by atoms with Gasteiger partial charge < -0.3 is 19.7 Å². The largest absolute Gasteiger partial charge is 0.496 e. The first-order valence-corrected chi connectivity index (χ1v) is 8.06. The number of aryl methyl sites for hydroxylation is 2. The lowest BCUT2D eigenvalue weighted by molar-refractivity contribution is 0.278. The zero-order valence-electron chi connectivity index (χ0n) is 15.5. The van der Waals surface area contributed by atoms with E-state index in [9.17, 15) is 0 Å². The SMILES string of the molecule is COc1ccccc1[C@@H](CNCc1c(C)nn(C)c1OC)N(C)C. The number of aromatic nitrogens is 2. The number of nitrogens with zero attached hydrogens (tertiary/aromatic N) is 3. The van der Waals surface area contributed by atoms with Crippen LogP contribution in [0.25, 0.3) is 0 Å². The zero-order valence-corrected chi connectivity index (χ0v) is 15.5. The van der Waals surface area contributed by atoms with Crippen molar-refractivity contribution in [1.29, 1.82) is 0 Å². The van der Waals surface area contributed by atoms with Crippen LogP contribution in [0.15, 0.2) is 24.3 Å². The minimum absolute atomic E-state index is 0.212. The molecule has 1 atom stereocenters. The molecule has 1 heterocycles. The fraction of sp³-hybridized carbons (Fsp3) is 0.500. The van der Waals surface area contributed by atoms with E-state index in [0.29, 0.717) is 6.54 Å². The van der Waals surface area contributed by atoms with Crippen LogP contribution in [0.2, 0.25) is 0 Å². The van der Waals surface area contributed by atoms with Gasteiger partial charge in [0.1, 0.15) is 5.75 Å². The summed E-state index contributed by atoms with van der Waals surface area (Å²) >= 11 is 0. The first-order chi connectivity index (χ1) is 11.5. The van der Waals surface area contributed by atoms with E-state index < -0.39 is 0 Å². The molecule has 1 N–H and O–H groups in total. The van der Waals surface area contributed by atoms with E-state index in [2.05, 4.69) is 35.5 Å². The molecule has 0 bridgehead atoms. The Labute approximate surface area is 144 Å². The Hall–Kier alpha value is -2.05.